The van der Waals surface area contributed by atoms with Crippen molar-refractivity contribution in [3.8, 4) is 5.75 Å². The van der Waals surface area contributed by atoms with Crippen LogP contribution >= 0.6 is 0 Å². The SMILES string of the molecule is c1c[nH]c(CN2CCC[C@H](Oc3ccc4cnccc4c3)C2)c1. The average Bonchev–Trinajstić information content (AvgIpc) is 3.08. The Morgan fingerprint density at radius 2 is 2.22 bits per heavy atom. The third kappa shape index (κ3) is 3.37. The van der Waals surface area contributed by atoms with E-state index in [4.69, 9.17) is 4.74 Å². The highest BCUT2D eigenvalue weighted by molar-refractivity contribution is 5.82. The summed E-state index contributed by atoms with van der Waals surface area (Å²) in [6.45, 7) is 3.09. The van der Waals surface area contributed by atoms with Gasteiger partial charge in [0.05, 0.1) is 0 Å². The molecule has 3 aromatic rings. The van der Waals surface area contributed by atoms with Gasteiger partial charge in [0.2, 0.25) is 0 Å². The molecule has 0 radical (unpaired) electrons. The maximum absolute atomic E-state index is 6.24. The van der Waals surface area contributed by atoms with Crippen molar-refractivity contribution in [1.82, 2.24) is 14.9 Å². The number of fused-ring (bicyclic) bond motifs is 1. The number of hydrogen-bond acceptors (Lipinski definition) is 3. The molecule has 3 heterocycles. The molecule has 2 aromatic heterocycles. The largest absolute Gasteiger partial charge is 0.489 e. The number of H-pyrrole nitrogens is 1. The summed E-state index contributed by atoms with van der Waals surface area (Å²) in [6, 6.07) is 12.5. The van der Waals surface area contributed by atoms with Crippen LogP contribution in [0, 0.1) is 0 Å². The third-order valence-corrected chi connectivity index (χ3v) is 4.43. The van der Waals surface area contributed by atoms with Gasteiger partial charge in [-0.05, 0) is 61.2 Å². The van der Waals surface area contributed by atoms with Gasteiger partial charge in [-0.25, -0.2) is 0 Å². The Kier molecular flexibility index (Phi) is 3.99. The molecule has 1 N–H and O–H groups in total. The van der Waals surface area contributed by atoms with E-state index in [0.717, 1.165) is 37.2 Å². The van der Waals surface area contributed by atoms with E-state index >= 15 is 0 Å². The van der Waals surface area contributed by atoms with E-state index < -0.39 is 0 Å². The van der Waals surface area contributed by atoms with E-state index in [-0.39, 0.29) is 6.10 Å². The standard InChI is InChI=1S/C19H21N3O/c1-3-17(21-8-1)13-22-10-2-4-19(14-22)23-18-6-5-16-12-20-9-7-15(16)11-18/h1,3,5-9,11-12,19,21H,2,4,10,13-14H2/t19-/m0/s1. The van der Waals surface area contributed by atoms with Crippen LogP contribution in [0.1, 0.15) is 18.5 Å². The molecule has 23 heavy (non-hydrogen) atoms. The molecule has 0 aliphatic carbocycles. The van der Waals surface area contributed by atoms with Crippen LogP contribution in [0.15, 0.2) is 55.0 Å². The Morgan fingerprint density at radius 1 is 1.22 bits per heavy atom. The van der Waals surface area contributed by atoms with Gasteiger partial charge in [0, 0.05) is 42.8 Å². The van der Waals surface area contributed by atoms with Crippen LogP contribution in [0.3, 0.4) is 0 Å². The number of ether oxygens (including phenoxy) is 1. The molecule has 1 aromatic carbocycles. The number of likely N-dealkylation sites (tertiary alicyclic amines) is 1. The molecular formula is C19H21N3O. The van der Waals surface area contributed by atoms with Crippen LogP contribution in [-0.2, 0) is 6.54 Å². The number of pyridine rings is 1. The number of aromatic amines is 1. The fraction of sp³-hybridized carbons (Fsp3) is 0.316. The first-order valence-corrected chi connectivity index (χ1v) is 8.22. The van der Waals surface area contributed by atoms with Gasteiger partial charge in [0.1, 0.15) is 11.9 Å². The average molecular weight is 307 g/mol. The van der Waals surface area contributed by atoms with E-state index in [1.54, 1.807) is 0 Å². The minimum atomic E-state index is 0.262. The molecule has 1 saturated heterocycles. The van der Waals surface area contributed by atoms with E-state index in [1.165, 1.54) is 17.5 Å². The Morgan fingerprint density at radius 3 is 3.13 bits per heavy atom. The molecule has 0 amide bonds. The summed E-state index contributed by atoms with van der Waals surface area (Å²) >= 11 is 0. The monoisotopic (exact) mass is 307 g/mol. The topological polar surface area (TPSA) is 41.2 Å². The first kappa shape index (κ1) is 14.3. The second kappa shape index (κ2) is 6.42. The van der Waals surface area contributed by atoms with Gasteiger partial charge in [-0.15, -0.1) is 0 Å². The van der Waals surface area contributed by atoms with Crippen molar-refractivity contribution in [2.45, 2.75) is 25.5 Å². The highest BCUT2D eigenvalue weighted by atomic mass is 16.5. The van der Waals surface area contributed by atoms with Crippen LogP contribution < -0.4 is 4.74 Å². The quantitative estimate of drug-likeness (QED) is 0.800. The highest BCUT2D eigenvalue weighted by Gasteiger charge is 2.21. The molecule has 0 bridgehead atoms. The van der Waals surface area contributed by atoms with Gasteiger partial charge in [-0.2, -0.15) is 0 Å². The van der Waals surface area contributed by atoms with Crippen LogP contribution in [0.25, 0.3) is 10.8 Å². The lowest BCUT2D eigenvalue weighted by Gasteiger charge is -2.32. The predicted octanol–water partition coefficient (Wildman–Crippen LogP) is 3.61. The smallest absolute Gasteiger partial charge is 0.120 e. The van der Waals surface area contributed by atoms with E-state index in [2.05, 4.69) is 39.1 Å². The summed E-state index contributed by atoms with van der Waals surface area (Å²) in [7, 11) is 0. The fourth-order valence-corrected chi connectivity index (χ4v) is 3.29. The zero-order valence-corrected chi connectivity index (χ0v) is 13.1. The summed E-state index contributed by atoms with van der Waals surface area (Å²) in [5, 5.41) is 2.33. The lowest BCUT2D eigenvalue weighted by Crippen LogP contribution is -2.40. The summed E-state index contributed by atoms with van der Waals surface area (Å²) < 4.78 is 6.24. The predicted molar refractivity (Wildman–Crippen MR) is 91.5 cm³/mol. The molecule has 4 heteroatoms. The van der Waals surface area contributed by atoms with Crippen molar-refractivity contribution >= 4 is 10.8 Å². The van der Waals surface area contributed by atoms with Crippen LogP contribution in [0.5, 0.6) is 5.75 Å². The van der Waals surface area contributed by atoms with Gasteiger partial charge >= 0.3 is 0 Å². The van der Waals surface area contributed by atoms with Crippen molar-refractivity contribution in [3.05, 3.63) is 60.7 Å². The molecule has 118 valence electrons. The summed E-state index contributed by atoms with van der Waals surface area (Å²) in [5.74, 6) is 0.954. The van der Waals surface area contributed by atoms with Crippen molar-refractivity contribution in [2.24, 2.45) is 0 Å². The number of aromatic nitrogens is 2. The Labute approximate surface area is 136 Å². The Hall–Kier alpha value is -2.33. The van der Waals surface area contributed by atoms with Gasteiger partial charge in [-0.3, -0.25) is 9.88 Å². The second-order valence-electron chi connectivity index (χ2n) is 6.20. The lowest BCUT2D eigenvalue weighted by molar-refractivity contribution is 0.0838. The Bertz CT molecular complexity index is 769. The van der Waals surface area contributed by atoms with E-state index in [0.29, 0.717) is 0 Å². The first-order chi connectivity index (χ1) is 11.4. The number of nitrogens with zero attached hydrogens (tertiary/aromatic N) is 2. The third-order valence-electron chi connectivity index (χ3n) is 4.43. The molecule has 1 fully saturated rings. The molecule has 0 saturated carbocycles. The van der Waals surface area contributed by atoms with Gasteiger partial charge < -0.3 is 9.72 Å². The molecule has 4 rings (SSSR count). The van der Waals surface area contributed by atoms with Crippen molar-refractivity contribution in [1.29, 1.82) is 0 Å². The molecule has 0 spiro atoms. The van der Waals surface area contributed by atoms with Crippen molar-refractivity contribution in [3.63, 3.8) is 0 Å². The molecule has 1 aliphatic rings. The lowest BCUT2D eigenvalue weighted by atomic mass is 10.1. The van der Waals surface area contributed by atoms with E-state index in [1.807, 2.05) is 30.7 Å². The zero-order chi connectivity index (χ0) is 15.5. The number of benzene rings is 1. The number of rotatable bonds is 4. The van der Waals surface area contributed by atoms with Crippen LogP contribution in [0.2, 0.25) is 0 Å². The first-order valence-electron chi connectivity index (χ1n) is 8.22. The molecule has 0 unspecified atom stereocenters. The second-order valence-corrected chi connectivity index (χ2v) is 6.20. The summed E-state index contributed by atoms with van der Waals surface area (Å²) in [4.78, 5) is 9.90. The van der Waals surface area contributed by atoms with Crippen LogP contribution in [-0.4, -0.2) is 34.1 Å². The molecule has 1 atom stereocenters. The summed E-state index contributed by atoms with van der Waals surface area (Å²) in [5.41, 5.74) is 1.27. The van der Waals surface area contributed by atoms with Gasteiger partial charge in [-0.1, -0.05) is 0 Å². The zero-order valence-electron chi connectivity index (χ0n) is 13.1. The highest BCUT2D eigenvalue weighted by Crippen LogP contribution is 2.23. The Balaban J connectivity index is 1.42. The number of nitrogens with one attached hydrogen (secondary N) is 1. The van der Waals surface area contributed by atoms with E-state index in [9.17, 15) is 0 Å². The van der Waals surface area contributed by atoms with Crippen LogP contribution in [0.4, 0.5) is 0 Å². The summed E-state index contributed by atoms with van der Waals surface area (Å²) in [6.07, 6.45) is 8.26. The maximum atomic E-state index is 6.24. The number of piperidine rings is 1. The number of hydrogen-bond donors (Lipinski definition) is 1. The van der Waals surface area contributed by atoms with Crippen molar-refractivity contribution in [2.75, 3.05) is 13.1 Å². The van der Waals surface area contributed by atoms with Crippen molar-refractivity contribution < 1.29 is 4.74 Å². The minimum absolute atomic E-state index is 0.262. The van der Waals surface area contributed by atoms with Gasteiger partial charge in [0.25, 0.3) is 0 Å². The molecule has 1 aliphatic heterocycles. The molecule has 4 nitrogen and oxygen atoms in total. The normalized spacial score (nSPS) is 19.0. The fourth-order valence-electron chi connectivity index (χ4n) is 3.29. The van der Waals surface area contributed by atoms with Gasteiger partial charge in [0.15, 0.2) is 0 Å². The minimum Gasteiger partial charge on any atom is -0.489 e. The molecular weight excluding hydrogens is 286 g/mol. The maximum Gasteiger partial charge on any atom is 0.120 e.